The third-order valence-corrected chi connectivity index (χ3v) is 6.30. The first kappa shape index (κ1) is 15.8. The molecule has 1 saturated heterocycles. The normalized spacial score (nSPS) is 25.2. The van der Waals surface area contributed by atoms with Crippen molar-refractivity contribution in [2.75, 3.05) is 20.1 Å². The van der Waals surface area contributed by atoms with Crippen LogP contribution in [0.3, 0.4) is 0 Å². The highest BCUT2D eigenvalue weighted by Crippen LogP contribution is 2.42. The molecule has 1 aromatic rings. The Hall–Kier alpha value is 0.390. The fraction of sp³-hybridized carbons (Fsp3) is 0.714. The van der Waals surface area contributed by atoms with Gasteiger partial charge >= 0.3 is 0 Å². The molecule has 1 aromatic heterocycles. The lowest BCUT2D eigenvalue weighted by Crippen LogP contribution is -2.41. The first-order chi connectivity index (χ1) is 8.99. The number of thiophene rings is 1. The predicted octanol–water partition coefficient (Wildman–Crippen LogP) is 4.54. The molecule has 0 radical (unpaired) electrons. The summed E-state index contributed by atoms with van der Waals surface area (Å²) in [7, 11) is 2.23. The second kappa shape index (κ2) is 6.90. The lowest BCUT2D eigenvalue weighted by molar-refractivity contribution is 0.121. The van der Waals surface area contributed by atoms with Crippen LogP contribution in [0.1, 0.15) is 37.6 Å². The third kappa shape index (κ3) is 3.94. The molecule has 0 aromatic carbocycles. The average Bonchev–Trinajstić information content (AvgIpc) is 2.66. The highest BCUT2D eigenvalue weighted by Gasteiger charge is 2.31. The van der Waals surface area contributed by atoms with Crippen molar-refractivity contribution in [2.24, 2.45) is 5.92 Å². The van der Waals surface area contributed by atoms with Crippen LogP contribution in [0.2, 0.25) is 4.34 Å². The quantitative estimate of drug-likeness (QED) is 0.842. The number of halogens is 2. The van der Waals surface area contributed by atoms with E-state index in [0.717, 1.165) is 15.4 Å². The van der Waals surface area contributed by atoms with E-state index in [0.29, 0.717) is 18.0 Å². The van der Waals surface area contributed by atoms with Gasteiger partial charge in [0.05, 0.1) is 0 Å². The van der Waals surface area contributed by atoms with E-state index >= 15 is 0 Å². The van der Waals surface area contributed by atoms with Gasteiger partial charge in [-0.15, -0.1) is 11.3 Å². The molecule has 0 spiro atoms. The van der Waals surface area contributed by atoms with Crippen LogP contribution in [0, 0.1) is 5.92 Å². The molecule has 1 aliphatic rings. The Morgan fingerprint density at radius 3 is 2.89 bits per heavy atom. The van der Waals surface area contributed by atoms with Crippen LogP contribution in [0.4, 0.5) is 0 Å². The molecule has 1 N–H and O–H groups in total. The smallest absolute Gasteiger partial charge is 0.107 e. The molecule has 2 unspecified atom stereocenters. The van der Waals surface area contributed by atoms with Crippen molar-refractivity contribution in [3.63, 3.8) is 0 Å². The van der Waals surface area contributed by atoms with Gasteiger partial charge in [-0.2, -0.15) is 0 Å². The maximum absolute atomic E-state index is 6.21. The van der Waals surface area contributed by atoms with E-state index in [1.807, 2.05) is 0 Å². The summed E-state index contributed by atoms with van der Waals surface area (Å²) in [5, 5.41) is 3.59. The van der Waals surface area contributed by atoms with Gasteiger partial charge in [-0.25, -0.2) is 0 Å². The van der Waals surface area contributed by atoms with Crippen molar-refractivity contribution in [1.29, 1.82) is 0 Å². The molecule has 2 rings (SSSR count). The molecule has 1 fully saturated rings. The minimum atomic E-state index is 0.494. The van der Waals surface area contributed by atoms with Crippen LogP contribution in [0.5, 0.6) is 0 Å². The lowest BCUT2D eigenvalue weighted by atomic mass is 9.88. The van der Waals surface area contributed by atoms with E-state index in [4.69, 9.17) is 11.6 Å². The Morgan fingerprint density at radius 1 is 1.58 bits per heavy atom. The molecule has 0 bridgehead atoms. The zero-order valence-corrected chi connectivity index (χ0v) is 14.9. The number of likely N-dealkylation sites (tertiary alicyclic amines) is 1. The van der Waals surface area contributed by atoms with Gasteiger partial charge in [0.1, 0.15) is 4.34 Å². The topological polar surface area (TPSA) is 15.3 Å². The van der Waals surface area contributed by atoms with E-state index in [2.05, 4.69) is 53.1 Å². The first-order valence-corrected chi connectivity index (χ1v) is 8.86. The Balaban J connectivity index is 2.15. The van der Waals surface area contributed by atoms with Crippen molar-refractivity contribution in [3.8, 4) is 0 Å². The monoisotopic (exact) mass is 364 g/mol. The molecule has 5 heteroatoms. The molecule has 0 saturated carbocycles. The van der Waals surface area contributed by atoms with Gasteiger partial charge in [0.2, 0.25) is 0 Å². The van der Waals surface area contributed by atoms with E-state index in [9.17, 15) is 0 Å². The van der Waals surface area contributed by atoms with Crippen molar-refractivity contribution in [3.05, 3.63) is 19.8 Å². The summed E-state index contributed by atoms with van der Waals surface area (Å²) in [5.41, 5.74) is 0. The summed E-state index contributed by atoms with van der Waals surface area (Å²) in [6.07, 6.45) is 2.58. The molecule has 2 nitrogen and oxygen atoms in total. The number of hydrogen-bond donors (Lipinski definition) is 1. The second-order valence-electron chi connectivity index (χ2n) is 5.66. The zero-order chi connectivity index (χ0) is 14.0. The molecule has 0 amide bonds. The zero-order valence-electron chi connectivity index (χ0n) is 11.7. The van der Waals surface area contributed by atoms with Crippen molar-refractivity contribution >= 4 is 38.9 Å². The van der Waals surface area contributed by atoms with Crippen LogP contribution in [-0.4, -0.2) is 31.1 Å². The predicted molar refractivity (Wildman–Crippen MR) is 88.3 cm³/mol. The van der Waals surface area contributed by atoms with Crippen LogP contribution in [0.15, 0.2) is 10.5 Å². The summed E-state index contributed by atoms with van der Waals surface area (Å²) < 4.78 is 1.90. The van der Waals surface area contributed by atoms with E-state index in [1.165, 1.54) is 24.3 Å². The van der Waals surface area contributed by atoms with E-state index in [1.54, 1.807) is 11.3 Å². The van der Waals surface area contributed by atoms with Crippen molar-refractivity contribution in [2.45, 2.75) is 38.8 Å². The second-order valence-corrected chi connectivity index (χ2v) is 8.20. The van der Waals surface area contributed by atoms with Gasteiger partial charge in [0.15, 0.2) is 0 Å². The number of hydrogen-bond acceptors (Lipinski definition) is 3. The number of nitrogens with one attached hydrogen (secondary N) is 1. The summed E-state index contributed by atoms with van der Waals surface area (Å²) in [6, 6.07) is 3.24. The fourth-order valence-corrected chi connectivity index (χ4v) is 4.82. The molecule has 108 valence electrons. The van der Waals surface area contributed by atoms with E-state index in [-0.39, 0.29) is 0 Å². The van der Waals surface area contributed by atoms with Gasteiger partial charge in [0.25, 0.3) is 0 Å². The van der Waals surface area contributed by atoms with Gasteiger partial charge in [-0.1, -0.05) is 25.4 Å². The average molecular weight is 366 g/mol. The Kier molecular flexibility index (Phi) is 5.73. The van der Waals surface area contributed by atoms with Crippen LogP contribution in [-0.2, 0) is 0 Å². The molecule has 1 aliphatic heterocycles. The Morgan fingerprint density at radius 2 is 2.32 bits per heavy atom. The number of piperidine rings is 1. The standard InChI is InChI=1S/C14H22BrClN2S/c1-9(2)17-8-10-5-4-6-18(3)13(10)12-7-11(15)14(16)19-12/h7,9-10,13,17H,4-6,8H2,1-3H3. The van der Waals surface area contributed by atoms with Gasteiger partial charge in [-0.05, 0) is 54.3 Å². The Labute approximate surface area is 133 Å². The van der Waals surface area contributed by atoms with E-state index < -0.39 is 0 Å². The molecule has 2 atom stereocenters. The van der Waals surface area contributed by atoms with Crippen LogP contribution >= 0.6 is 38.9 Å². The molecular weight excluding hydrogens is 344 g/mol. The summed E-state index contributed by atoms with van der Waals surface area (Å²) in [6.45, 7) is 6.68. The number of nitrogens with zero attached hydrogens (tertiary/aromatic N) is 1. The molecule has 2 heterocycles. The maximum atomic E-state index is 6.21. The summed E-state index contributed by atoms with van der Waals surface area (Å²) in [5.74, 6) is 0.669. The minimum absolute atomic E-state index is 0.494. The Bertz CT molecular complexity index is 402. The van der Waals surface area contributed by atoms with Gasteiger partial charge < -0.3 is 5.32 Å². The molecule has 19 heavy (non-hydrogen) atoms. The van der Waals surface area contributed by atoms with Crippen LogP contribution < -0.4 is 5.32 Å². The largest absolute Gasteiger partial charge is 0.314 e. The van der Waals surface area contributed by atoms with Gasteiger partial charge in [0, 0.05) is 28.0 Å². The van der Waals surface area contributed by atoms with Crippen molar-refractivity contribution in [1.82, 2.24) is 10.2 Å². The summed E-state index contributed by atoms with van der Waals surface area (Å²) >= 11 is 11.4. The maximum Gasteiger partial charge on any atom is 0.107 e. The summed E-state index contributed by atoms with van der Waals surface area (Å²) in [4.78, 5) is 3.86. The van der Waals surface area contributed by atoms with Gasteiger partial charge in [-0.3, -0.25) is 4.90 Å². The highest BCUT2D eigenvalue weighted by molar-refractivity contribution is 9.10. The highest BCUT2D eigenvalue weighted by atomic mass is 79.9. The minimum Gasteiger partial charge on any atom is -0.314 e. The molecule has 0 aliphatic carbocycles. The lowest BCUT2D eigenvalue weighted by Gasteiger charge is -2.39. The van der Waals surface area contributed by atoms with Crippen LogP contribution in [0.25, 0.3) is 0 Å². The molecular formula is C14H22BrClN2S. The SMILES string of the molecule is CC(C)NCC1CCCN(C)C1c1cc(Br)c(Cl)s1. The van der Waals surface area contributed by atoms with Crippen molar-refractivity contribution < 1.29 is 0 Å². The third-order valence-electron chi connectivity index (χ3n) is 3.75. The number of rotatable bonds is 4. The first-order valence-electron chi connectivity index (χ1n) is 6.87. The fourth-order valence-electron chi connectivity index (χ4n) is 2.82.